The summed E-state index contributed by atoms with van der Waals surface area (Å²) in [6, 6.07) is 3.85. The monoisotopic (exact) mass is 356 g/mol. The summed E-state index contributed by atoms with van der Waals surface area (Å²) in [6.45, 7) is 3.11. The molecule has 7 nitrogen and oxygen atoms in total. The molecule has 3 aromatic rings. The highest BCUT2D eigenvalue weighted by atomic mass is 32.1. The molecular weight excluding hydrogens is 340 g/mol. The molecule has 4 heterocycles. The lowest BCUT2D eigenvalue weighted by atomic mass is 10.2. The Morgan fingerprint density at radius 2 is 2.32 bits per heavy atom. The minimum absolute atomic E-state index is 0.386. The second kappa shape index (κ2) is 7.02. The number of pyridine rings is 1. The number of hydrogen-bond donors (Lipinski definition) is 0. The van der Waals surface area contributed by atoms with Crippen LogP contribution in [-0.2, 0) is 4.84 Å². The lowest BCUT2D eigenvalue weighted by Gasteiger charge is -2.11. The van der Waals surface area contributed by atoms with Crippen molar-refractivity contribution in [2.45, 2.75) is 19.8 Å². The molecule has 3 aromatic heterocycles. The van der Waals surface area contributed by atoms with E-state index < -0.39 is 0 Å². The minimum atomic E-state index is 0.386. The Balaban J connectivity index is 1.63. The van der Waals surface area contributed by atoms with Crippen LogP contribution in [-0.4, -0.2) is 33.9 Å². The number of hydrogen-bond acceptors (Lipinski definition) is 8. The van der Waals surface area contributed by atoms with Crippen LogP contribution >= 0.6 is 11.3 Å². The summed E-state index contributed by atoms with van der Waals surface area (Å²) in [4.78, 5) is 19.2. The van der Waals surface area contributed by atoms with Crippen LogP contribution in [0.1, 0.15) is 25.5 Å². The SMILES string of the molecule is CCCO/N=C1\CCOc2oc(-c3cnc(-c4cccnc4)s3)nc21. The first-order valence-corrected chi connectivity index (χ1v) is 8.86. The molecule has 0 bridgehead atoms. The molecule has 0 radical (unpaired) electrons. The molecule has 25 heavy (non-hydrogen) atoms. The van der Waals surface area contributed by atoms with E-state index in [2.05, 4.69) is 20.1 Å². The van der Waals surface area contributed by atoms with Crippen LogP contribution in [0.25, 0.3) is 21.3 Å². The topological polar surface area (TPSA) is 82.6 Å². The second-order valence-corrected chi connectivity index (χ2v) is 6.43. The molecule has 0 saturated heterocycles. The molecular formula is C17H16N4O3S. The summed E-state index contributed by atoms with van der Waals surface area (Å²) in [6.07, 6.45) is 6.81. The highest BCUT2D eigenvalue weighted by molar-refractivity contribution is 7.18. The van der Waals surface area contributed by atoms with E-state index in [0.717, 1.165) is 27.6 Å². The molecule has 0 atom stereocenters. The van der Waals surface area contributed by atoms with E-state index in [0.29, 0.717) is 37.2 Å². The van der Waals surface area contributed by atoms with Crippen LogP contribution in [0.5, 0.6) is 5.95 Å². The number of nitrogens with zero attached hydrogens (tertiary/aromatic N) is 4. The lowest BCUT2D eigenvalue weighted by molar-refractivity contribution is 0.142. The summed E-state index contributed by atoms with van der Waals surface area (Å²) in [7, 11) is 0. The highest BCUT2D eigenvalue weighted by Gasteiger charge is 2.26. The number of thiazole rings is 1. The maximum Gasteiger partial charge on any atom is 0.315 e. The van der Waals surface area contributed by atoms with Crippen molar-refractivity contribution in [2.24, 2.45) is 5.16 Å². The standard InChI is InChI=1S/C17H16N4O3S/c1-2-7-23-21-12-5-8-22-17-14(12)20-15(24-17)13-10-19-16(25-13)11-4-3-6-18-9-11/h3-4,6,9-10H,2,5,7-8H2,1H3/b21-12+. The molecule has 4 rings (SSSR count). The number of oxazole rings is 1. The Morgan fingerprint density at radius 3 is 3.16 bits per heavy atom. The van der Waals surface area contributed by atoms with Crippen LogP contribution in [0.2, 0.25) is 0 Å². The van der Waals surface area contributed by atoms with Crippen LogP contribution in [0, 0.1) is 0 Å². The summed E-state index contributed by atoms with van der Waals surface area (Å²) in [5.41, 5.74) is 2.32. The molecule has 0 amide bonds. The Kier molecular flexibility index (Phi) is 4.43. The van der Waals surface area contributed by atoms with Gasteiger partial charge in [-0.15, -0.1) is 11.3 Å². The molecule has 0 N–H and O–H groups in total. The first-order chi connectivity index (χ1) is 12.3. The Morgan fingerprint density at radius 1 is 1.36 bits per heavy atom. The Hall–Kier alpha value is -2.74. The van der Waals surface area contributed by atoms with E-state index in [4.69, 9.17) is 14.0 Å². The summed E-state index contributed by atoms with van der Waals surface area (Å²) in [5.74, 6) is 0.860. The van der Waals surface area contributed by atoms with Crippen LogP contribution in [0.3, 0.4) is 0 Å². The number of aromatic nitrogens is 3. The fourth-order valence-corrected chi connectivity index (χ4v) is 3.18. The summed E-state index contributed by atoms with van der Waals surface area (Å²) >= 11 is 1.49. The van der Waals surface area contributed by atoms with E-state index in [1.165, 1.54) is 11.3 Å². The molecule has 1 aliphatic heterocycles. The normalized spacial score (nSPS) is 15.0. The van der Waals surface area contributed by atoms with Crippen LogP contribution < -0.4 is 4.74 Å². The van der Waals surface area contributed by atoms with Gasteiger partial charge in [-0.1, -0.05) is 12.1 Å². The number of ether oxygens (including phenoxy) is 1. The van der Waals surface area contributed by atoms with Gasteiger partial charge >= 0.3 is 5.95 Å². The third kappa shape index (κ3) is 3.25. The average molecular weight is 356 g/mol. The predicted molar refractivity (Wildman–Crippen MR) is 93.7 cm³/mol. The number of fused-ring (bicyclic) bond motifs is 1. The van der Waals surface area contributed by atoms with Gasteiger partial charge in [0, 0.05) is 24.4 Å². The van der Waals surface area contributed by atoms with Crippen molar-refractivity contribution in [3.63, 3.8) is 0 Å². The van der Waals surface area contributed by atoms with Gasteiger partial charge in [0.2, 0.25) is 5.89 Å². The van der Waals surface area contributed by atoms with Crippen molar-refractivity contribution in [1.82, 2.24) is 15.0 Å². The van der Waals surface area contributed by atoms with E-state index >= 15 is 0 Å². The lowest BCUT2D eigenvalue weighted by Crippen LogP contribution is -2.16. The van der Waals surface area contributed by atoms with E-state index in [1.807, 2.05) is 19.1 Å². The van der Waals surface area contributed by atoms with E-state index in [-0.39, 0.29) is 0 Å². The molecule has 0 aromatic carbocycles. The zero-order chi connectivity index (χ0) is 17.1. The van der Waals surface area contributed by atoms with Gasteiger partial charge in [0.1, 0.15) is 22.2 Å². The average Bonchev–Trinajstić information content (AvgIpc) is 3.30. The maximum atomic E-state index is 5.76. The first-order valence-electron chi connectivity index (χ1n) is 8.04. The third-order valence-electron chi connectivity index (χ3n) is 3.54. The fraction of sp³-hybridized carbons (Fsp3) is 0.294. The van der Waals surface area contributed by atoms with Gasteiger partial charge in [-0.2, -0.15) is 0 Å². The van der Waals surface area contributed by atoms with Crippen molar-refractivity contribution >= 4 is 17.0 Å². The van der Waals surface area contributed by atoms with Gasteiger partial charge in [-0.25, -0.2) is 9.97 Å². The molecule has 0 saturated carbocycles. The van der Waals surface area contributed by atoms with Gasteiger partial charge in [0.05, 0.1) is 12.8 Å². The third-order valence-corrected chi connectivity index (χ3v) is 4.57. The molecule has 1 aliphatic rings. The molecule has 128 valence electrons. The maximum absolute atomic E-state index is 5.76. The minimum Gasteiger partial charge on any atom is -0.463 e. The molecule has 0 fully saturated rings. The summed E-state index contributed by atoms with van der Waals surface area (Å²) < 4.78 is 11.3. The first kappa shape index (κ1) is 15.8. The van der Waals surface area contributed by atoms with Gasteiger partial charge < -0.3 is 14.0 Å². The fourth-order valence-electron chi connectivity index (χ4n) is 2.35. The largest absolute Gasteiger partial charge is 0.463 e. The molecule has 0 unspecified atom stereocenters. The Labute approximate surface area is 148 Å². The predicted octanol–water partition coefficient (Wildman–Crippen LogP) is 3.77. The van der Waals surface area contributed by atoms with Crippen LogP contribution in [0.4, 0.5) is 0 Å². The quantitative estimate of drug-likeness (QED) is 0.511. The van der Waals surface area contributed by atoms with E-state index in [1.54, 1.807) is 18.6 Å². The van der Waals surface area contributed by atoms with Crippen molar-refractivity contribution in [2.75, 3.05) is 13.2 Å². The van der Waals surface area contributed by atoms with Gasteiger partial charge in [0.15, 0.2) is 5.69 Å². The van der Waals surface area contributed by atoms with Crippen LogP contribution in [0.15, 0.2) is 40.3 Å². The molecule has 0 aliphatic carbocycles. The van der Waals surface area contributed by atoms with E-state index in [9.17, 15) is 0 Å². The number of rotatable bonds is 5. The highest BCUT2D eigenvalue weighted by Crippen LogP contribution is 2.35. The van der Waals surface area contributed by atoms with Crippen molar-refractivity contribution < 1.29 is 14.0 Å². The van der Waals surface area contributed by atoms with Crippen molar-refractivity contribution in [3.05, 3.63) is 36.4 Å². The van der Waals surface area contributed by atoms with Gasteiger partial charge in [-0.3, -0.25) is 4.98 Å². The Bertz CT molecular complexity index is 888. The number of oxime groups is 1. The van der Waals surface area contributed by atoms with Gasteiger partial charge in [0.25, 0.3) is 0 Å². The zero-order valence-electron chi connectivity index (χ0n) is 13.6. The summed E-state index contributed by atoms with van der Waals surface area (Å²) in [5, 5.41) is 5.03. The van der Waals surface area contributed by atoms with Crippen molar-refractivity contribution in [3.8, 4) is 27.3 Å². The smallest absolute Gasteiger partial charge is 0.315 e. The van der Waals surface area contributed by atoms with Crippen molar-refractivity contribution in [1.29, 1.82) is 0 Å². The molecule has 0 spiro atoms. The zero-order valence-corrected chi connectivity index (χ0v) is 14.5. The second-order valence-electron chi connectivity index (χ2n) is 5.40. The van der Waals surface area contributed by atoms with Gasteiger partial charge in [-0.05, 0) is 18.6 Å². The molecule has 8 heteroatoms.